The molecule has 1 spiro atoms. The van der Waals surface area contributed by atoms with Crippen molar-refractivity contribution in [3.63, 3.8) is 0 Å². The van der Waals surface area contributed by atoms with Crippen LogP contribution in [0, 0.1) is 0 Å². The Morgan fingerprint density at radius 3 is 2.95 bits per heavy atom. The van der Waals surface area contributed by atoms with Gasteiger partial charge in [0.2, 0.25) is 0 Å². The standard InChI is InChI=1S/C16H22ClNO2/c1-12(14-4-2-3-5-15(14)17)18-13-6-8-20-16(10-13)7-9-19-11-16/h2-5,12-13,18H,6-11H2,1H3/t12-,13?,16?/m1/s1. The van der Waals surface area contributed by atoms with Gasteiger partial charge in [-0.25, -0.2) is 0 Å². The summed E-state index contributed by atoms with van der Waals surface area (Å²) in [5.41, 5.74) is 1.12. The molecule has 1 aromatic carbocycles. The maximum Gasteiger partial charge on any atom is 0.0951 e. The number of nitrogens with one attached hydrogen (secondary N) is 1. The molecule has 3 atom stereocenters. The van der Waals surface area contributed by atoms with E-state index in [4.69, 9.17) is 21.1 Å². The predicted molar refractivity (Wildman–Crippen MR) is 80.1 cm³/mol. The Labute approximate surface area is 125 Å². The summed E-state index contributed by atoms with van der Waals surface area (Å²) in [4.78, 5) is 0. The number of benzene rings is 1. The summed E-state index contributed by atoms with van der Waals surface area (Å²) in [7, 11) is 0. The molecule has 0 aliphatic carbocycles. The first-order valence-corrected chi connectivity index (χ1v) is 7.78. The number of hydrogen-bond donors (Lipinski definition) is 1. The Hall–Kier alpha value is -0.610. The van der Waals surface area contributed by atoms with Gasteiger partial charge >= 0.3 is 0 Å². The molecule has 3 nitrogen and oxygen atoms in total. The van der Waals surface area contributed by atoms with Gasteiger partial charge in [0, 0.05) is 36.7 Å². The van der Waals surface area contributed by atoms with Crippen molar-refractivity contribution in [1.82, 2.24) is 5.32 Å². The first-order valence-electron chi connectivity index (χ1n) is 7.41. The van der Waals surface area contributed by atoms with Gasteiger partial charge in [0.1, 0.15) is 0 Å². The highest BCUT2D eigenvalue weighted by atomic mass is 35.5. The fourth-order valence-corrected chi connectivity index (χ4v) is 3.60. The molecule has 0 amide bonds. The van der Waals surface area contributed by atoms with E-state index in [2.05, 4.69) is 18.3 Å². The van der Waals surface area contributed by atoms with Gasteiger partial charge in [0.25, 0.3) is 0 Å². The Morgan fingerprint density at radius 2 is 2.20 bits per heavy atom. The van der Waals surface area contributed by atoms with E-state index < -0.39 is 0 Å². The molecule has 2 aliphatic rings. The van der Waals surface area contributed by atoms with Crippen molar-refractivity contribution in [3.05, 3.63) is 34.9 Å². The molecule has 0 aromatic heterocycles. The molecule has 1 aromatic rings. The Bertz CT molecular complexity index is 460. The van der Waals surface area contributed by atoms with Crippen LogP contribution < -0.4 is 5.32 Å². The molecule has 4 heteroatoms. The number of ether oxygens (including phenoxy) is 2. The minimum Gasteiger partial charge on any atom is -0.378 e. The van der Waals surface area contributed by atoms with Gasteiger partial charge in [-0.1, -0.05) is 29.8 Å². The monoisotopic (exact) mass is 295 g/mol. The Kier molecular flexibility index (Phi) is 4.32. The molecule has 2 aliphatic heterocycles. The summed E-state index contributed by atoms with van der Waals surface area (Å²) >= 11 is 6.27. The van der Waals surface area contributed by atoms with E-state index in [-0.39, 0.29) is 11.6 Å². The van der Waals surface area contributed by atoms with Crippen LogP contribution in [0.4, 0.5) is 0 Å². The second kappa shape index (κ2) is 6.02. The zero-order chi connectivity index (χ0) is 14.0. The molecule has 20 heavy (non-hydrogen) atoms. The van der Waals surface area contributed by atoms with Crippen LogP contribution in [0.1, 0.15) is 37.8 Å². The highest BCUT2D eigenvalue weighted by Crippen LogP contribution is 2.34. The first-order chi connectivity index (χ1) is 9.69. The van der Waals surface area contributed by atoms with Crippen LogP contribution in [-0.2, 0) is 9.47 Å². The molecule has 2 saturated heterocycles. The molecule has 3 rings (SSSR count). The largest absolute Gasteiger partial charge is 0.378 e. The predicted octanol–water partition coefficient (Wildman–Crippen LogP) is 3.33. The van der Waals surface area contributed by atoms with Gasteiger partial charge in [0.05, 0.1) is 12.2 Å². The maximum atomic E-state index is 6.27. The van der Waals surface area contributed by atoms with Crippen molar-refractivity contribution in [3.8, 4) is 0 Å². The quantitative estimate of drug-likeness (QED) is 0.928. The van der Waals surface area contributed by atoms with Crippen LogP contribution in [0.25, 0.3) is 0 Å². The molecule has 2 unspecified atom stereocenters. The summed E-state index contributed by atoms with van der Waals surface area (Å²) < 4.78 is 11.5. The zero-order valence-corrected chi connectivity index (χ0v) is 12.7. The molecule has 0 radical (unpaired) electrons. The molecular weight excluding hydrogens is 274 g/mol. The molecular formula is C16H22ClNO2. The summed E-state index contributed by atoms with van der Waals surface area (Å²) in [6, 6.07) is 8.77. The van der Waals surface area contributed by atoms with E-state index >= 15 is 0 Å². The third-order valence-electron chi connectivity index (χ3n) is 4.42. The van der Waals surface area contributed by atoms with E-state index in [0.29, 0.717) is 6.04 Å². The summed E-state index contributed by atoms with van der Waals surface area (Å²) in [5, 5.41) is 4.54. The summed E-state index contributed by atoms with van der Waals surface area (Å²) in [5.74, 6) is 0. The van der Waals surface area contributed by atoms with Crippen molar-refractivity contribution < 1.29 is 9.47 Å². The second-order valence-electron chi connectivity index (χ2n) is 5.93. The number of halogens is 1. The highest BCUT2D eigenvalue weighted by molar-refractivity contribution is 6.31. The SMILES string of the molecule is C[C@@H](NC1CCOC2(CCOC2)C1)c1ccccc1Cl. The maximum absolute atomic E-state index is 6.27. The zero-order valence-electron chi connectivity index (χ0n) is 11.9. The van der Waals surface area contributed by atoms with Gasteiger partial charge in [-0.2, -0.15) is 0 Å². The van der Waals surface area contributed by atoms with E-state index in [1.165, 1.54) is 0 Å². The van der Waals surface area contributed by atoms with E-state index in [1.807, 2.05) is 18.2 Å². The Morgan fingerprint density at radius 1 is 1.35 bits per heavy atom. The first kappa shape index (κ1) is 14.3. The van der Waals surface area contributed by atoms with Crippen molar-refractivity contribution in [2.24, 2.45) is 0 Å². The number of hydrogen-bond acceptors (Lipinski definition) is 3. The van der Waals surface area contributed by atoms with Gasteiger partial charge < -0.3 is 14.8 Å². The molecule has 2 fully saturated rings. The topological polar surface area (TPSA) is 30.5 Å². The average Bonchev–Trinajstić information content (AvgIpc) is 2.87. The second-order valence-corrected chi connectivity index (χ2v) is 6.34. The van der Waals surface area contributed by atoms with E-state index in [1.54, 1.807) is 0 Å². The van der Waals surface area contributed by atoms with Crippen molar-refractivity contribution in [2.75, 3.05) is 19.8 Å². The van der Waals surface area contributed by atoms with Crippen LogP contribution in [0.3, 0.4) is 0 Å². The van der Waals surface area contributed by atoms with Crippen LogP contribution in [0.2, 0.25) is 5.02 Å². The third-order valence-corrected chi connectivity index (χ3v) is 4.76. The summed E-state index contributed by atoms with van der Waals surface area (Å²) in [6.45, 7) is 4.56. The smallest absolute Gasteiger partial charge is 0.0951 e. The molecule has 1 N–H and O–H groups in total. The lowest BCUT2D eigenvalue weighted by molar-refractivity contribution is -0.0902. The lowest BCUT2D eigenvalue weighted by Gasteiger charge is -2.38. The highest BCUT2D eigenvalue weighted by Gasteiger charge is 2.41. The minimum atomic E-state index is -0.0455. The van der Waals surface area contributed by atoms with Crippen molar-refractivity contribution in [2.45, 2.75) is 43.9 Å². The molecule has 110 valence electrons. The van der Waals surface area contributed by atoms with Crippen LogP contribution >= 0.6 is 11.6 Å². The lowest BCUT2D eigenvalue weighted by atomic mass is 9.89. The normalized spacial score (nSPS) is 31.6. The minimum absolute atomic E-state index is 0.0455. The van der Waals surface area contributed by atoms with Gasteiger partial charge in [0.15, 0.2) is 0 Å². The molecule has 0 bridgehead atoms. The molecule has 2 heterocycles. The van der Waals surface area contributed by atoms with Crippen LogP contribution in [0.15, 0.2) is 24.3 Å². The van der Waals surface area contributed by atoms with Crippen molar-refractivity contribution in [1.29, 1.82) is 0 Å². The fourth-order valence-electron chi connectivity index (χ4n) is 3.30. The van der Waals surface area contributed by atoms with Gasteiger partial charge in [-0.05, 0) is 31.4 Å². The van der Waals surface area contributed by atoms with E-state index in [0.717, 1.165) is 49.7 Å². The fraction of sp³-hybridized carbons (Fsp3) is 0.625. The van der Waals surface area contributed by atoms with E-state index in [9.17, 15) is 0 Å². The lowest BCUT2D eigenvalue weighted by Crippen LogP contribution is -2.48. The average molecular weight is 296 g/mol. The van der Waals surface area contributed by atoms with Crippen LogP contribution in [-0.4, -0.2) is 31.5 Å². The van der Waals surface area contributed by atoms with Crippen molar-refractivity contribution >= 4 is 11.6 Å². The number of rotatable bonds is 3. The summed E-state index contributed by atoms with van der Waals surface area (Å²) in [6.07, 6.45) is 3.10. The molecule has 0 saturated carbocycles. The van der Waals surface area contributed by atoms with Gasteiger partial charge in [-0.15, -0.1) is 0 Å². The van der Waals surface area contributed by atoms with Crippen LogP contribution in [0.5, 0.6) is 0 Å². The Balaban J connectivity index is 1.64. The van der Waals surface area contributed by atoms with Gasteiger partial charge in [-0.3, -0.25) is 0 Å². The third kappa shape index (κ3) is 3.01.